The Balaban J connectivity index is 1.58. The highest BCUT2D eigenvalue weighted by molar-refractivity contribution is 6.21. The number of aryl methyl sites for hydroxylation is 1. The first-order valence-electron chi connectivity index (χ1n) is 7.72. The number of benzene rings is 2. The Labute approximate surface area is 147 Å². The predicted octanol–water partition coefficient (Wildman–Crippen LogP) is 1.94. The molecule has 0 saturated carbocycles. The molecule has 4 rings (SSSR count). The van der Waals surface area contributed by atoms with Crippen molar-refractivity contribution >= 4 is 17.8 Å². The van der Waals surface area contributed by atoms with Crippen molar-refractivity contribution in [1.82, 2.24) is 19.8 Å². The molecule has 8 nitrogen and oxygen atoms in total. The highest BCUT2D eigenvalue weighted by atomic mass is 16.7. The third-order valence-electron chi connectivity index (χ3n) is 4.04. The molecule has 2 aromatic carbocycles. The van der Waals surface area contributed by atoms with E-state index in [1.165, 1.54) is 24.8 Å². The van der Waals surface area contributed by atoms with Crippen LogP contribution >= 0.6 is 0 Å². The second kappa shape index (κ2) is 5.92. The zero-order chi connectivity index (χ0) is 18.3. The van der Waals surface area contributed by atoms with Gasteiger partial charge in [0.2, 0.25) is 0 Å². The summed E-state index contributed by atoms with van der Waals surface area (Å²) in [7, 11) is 0. The summed E-state index contributed by atoms with van der Waals surface area (Å²) < 4.78 is 1.55. The van der Waals surface area contributed by atoms with Gasteiger partial charge in [-0.1, -0.05) is 17.2 Å². The van der Waals surface area contributed by atoms with Gasteiger partial charge in [0.05, 0.1) is 22.4 Å². The number of carbonyl (C=O) groups excluding carboxylic acids is 3. The number of hydrogen-bond acceptors (Lipinski definition) is 6. The summed E-state index contributed by atoms with van der Waals surface area (Å²) in [6, 6.07) is 11.3. The molecule has 0 fully saturated rings. The maximum atomic E-state index is 12.5. The molecule has 0 atom stereocenters. The van der Waals surface area contributed by atoms with Crippen molar-refractivity contribution in [3.63, 3.8) is 0 Å². The molecular formula is C18H12N4O4. The number of hydroxylamine groups is 2. The van der Waals surface area contributed by atoms with Crippen molar-refractivity contribution in [1.29, 1.82) is 0 Å². The third kappa shape index (κ3) is 2.44. The van der Waals surface area contributed by atoms with Crippen molar-refractivity contribution in [2.75, 3.05) is 0 Å². The van der Waals surface area contributed by atoms with Gasteiger partial charge in [-0.05, 0) is 42.8 Å². The van der Waals surface area contributed by atoms with Gasteiger partial charge in [-0.3, -0.25) is 9.59 Å². The van der Waals surface area contributed by atoms with Crippen molar-refractivity contribution in [2.45, 2.75) is 6.92 Å². The minimum Gasteiger partial charge on any atom is -0.324 e. The minimum absolute atomic E-state index is 0.212. The summed E-state index contributed by atoms with van der Waals surface area (Å²) in [6.45, 7) is 1.72. The average Bonchev–Trinajstić information content (AvgIpc) is 3.26. The van der Waals surface area contributed by atoms with Crippen LogP contribution in [0.25, 0.3) is 5.69 Å². The van der Waals surface area contributed by atoms with Crippen LogP contribution in [0.15, 0.2) is 55.1 Å². The lowest BCUT2D eigenvalue weighted by molar-refractivity contribution is -0.0585. The first-order chi connectivity index (χ1) is 12.6. The molecule has 0 N–H and O–H groups in total. The Morgan fingerprint density at radius 1 is 1.04 bits per heavy atom. The monoisotopic (exact) mass is 348 g/mol. The first kappa shape index (κ1) is 15.7. The highest BCUT2D eigenvalue weighted by Gasteiger charge is 2.38. The second-order valence-electron chi connectivity index (χ2n) is 5.67. The van der Waals surface area contributed by atoms with Crippen molar-refractivity contribution in [3.05, 3.63) is 77.4 Å². The van der Waals surface area contributed by atoms with Crippen LogP contribution in [0.2, 0.25) is 0 Å². The lowest BCUT2D eigenvalue weighted by atomic mass is 10.1. The molecule has 2 heterocycles. The number of fused-ring (bicyclic) bond motifs is 1. The van der Waals surface area contributed by atoms with E-state index in [4.69, 9.17) is 4.84 Å². The van der Waals surface area contributed by atoms with Crippen LogP contribution in [0.5, 0.6) is 0 Å². The fraction of sp³-hybridized carbons (Fsp3) is 0.0556. The number of rotatable bonds is 3. The van der Waals surface area contributed by atoms with Gasteiger partial charge in [0.1, 0.15) is 12.7 Å². The van der Waals surface area contributed by atoms with Crippen LogP contribution in [-0.4, -0.2) is 37.6 Å². The molecule has 2 amide bonds. The van der Waals surface area contributed by atoms with E-state index in [1.807, 2.05) is 0 Å². The van der Waals surface area contributed by atoms with E-state index < -0.39 is 17.8 Å². The van der Waals surface area contributed by atoms with Crippen LogP contribution < -0.4 is 0 Å². The lowest BCUT2D eigenvalue weighted by Gasteiger charge is -2.14. The van der Waals surface area contributed by atoms with Gasteiger partial charge in [0.15, 0.2) is 0 Å². The van der Waals surface area contributed by atoms with Crippen molar-refractivity contribution in [2.24, 2.45) is 0 Å². The van der Waals surface area contributed by atoms with E-state index in [0.29, 0.717) is 10.6 Å². The number of hydrogen-bond donors (Lipinski definition) is 0. The van der Waals surface area contributed by atoms with Gasteiger partial charge in [0.25, 0.3) is 11.8 Å². The largest absolute Gasteiger partial charge is 0.364 e. The van der Waals surface area contributed by atoms with Crippen LogP contribution in [0.3, 0.4) is 0 Å². The zero-order valence-electron chi connectivity index (χ0n) is 13.6. The van der Waals surface area contributed by atoms with Crippen molar-refractivity contribution in [3.8, 4) is 5.69 Å². The maximum Gasteiger partial charge on any atom is 0.364 e. The Hall–Kier alpha value is -3.81. The molecule has 8 heteroatoms. The van der Waals surface area contributed by atoms with E-state index >= 15 is 0 Å². The number of imide groups is 1. The molecule has 0 spiro atoms. The van der Waals surface area contributed by atoms with Gasteiger partial charge in [-0.2, -0.15) is 5.10 Å². The van der Waals surface area contributed by atoms with E-state index in [0.717, 1.165) is 5.69 Å². The SMILES string of the molecule is Cc1cc(-n2cncn2)ccc1C(=O)ON1C(=O)c2ccccc2C1=O. The van der Waals surface area contributed by atoms with Gasteiger partial charge in [-0.15, -0.1) is 0 Å². The third-order valence-corrected chi connectivity index (χ3v) is 4.04. The standard InChI is InChI=1S/C18H12N4O4/c1-11-8-12(21-10-19-9-20-21)6-7-13(11)18(25)26-22-16(23)14-4-2-3-5-15(14)17(22)24/h2-10H,1H3. The van der Waals surface area contributed by atoms with Crippen LogP contribution in [-0.2, 0) is 4.84 Å². The van der Waals surface area contributed by atoms with E-state index in [-0.39, 0.29) is 16.7 Å². The number of amides is 2. The molecule has 128 valence electrons. The second-order valence-corrected chi connectivity index (χ2v) is 5.67. The van der Waals surface area contributed by atoms with Crippen LogP contribution in [0.4, 0.5) is 0 Å². The van der Waals surface area contributed by atoms with Crippen molar-refractivity contribution < 1.29 is 19.2 Å². The summed E-state index contributed by atoms with van der Waals surface area (Å²) in [5.41, 5.74) is 1.99. The molecule has 3 aromatic rings. The Bertz CT molecular complexity index is 1010. The zero-order valence-corrected chi connectivity index (χ0v) is 13.6. The molecule has 0 aliphatic carbocycles. The Kier molecular flexibility index (Phi) is 3.58. The van der Waals surface area contributed by atoms with Crippen LogP contribution in [0.1, 0.15) is 36.6 Å². The summed E-state index contributed by atoms with van der Waals surface area (Å²) in [5.74, 6) is -2.10. The summed E-state index contributed by atoms with van der Waals surface area (Å²) in [6.07, 6.45) is 2.94. The molecule has 26 heavy (non-hydrogen) atoms. The van der Waals surface area contributed by atoms with E-state index in [2.05, 4.69) is 10.1 Å². The van der Waals surface area contributed by atoms with Gasteiger partial charge in [0, 0.05) is 0 Å². The molecule has 0 unspecified atom stereocenters. The highest BCUT2D eigenvalue weighted by Crippen LogP contribution is 2.24. The molecule has 1 aliphatic heterocycles. The fourth-order valence-corrected chi connectivity index (χ4v) is 2.74. The van der Waals surface area contributed by atoms with Gasteiger partial charge in [-0.25, -0.2) is 14.5 Å². The van der Waals surface area contributed by atoms with E-state index in [9.17, 15) is 14.4 Å². The first-order valence-corrected chi connectivity index (χ1v) is 7.72. The Morgan fingerprint density at radius 2 is 1.73 bits per heavy atom. The molecule has 0 saturated heterocycles. The van der Waals surface area contributed by atoms with E-state index in [1.54, 1.807) is 41.9 Å². The number of nitrogens with zero attached hydrogens (tertiary/aromatic N) is 4. The smallest absolute Gasteiger partial charge is 0.324 e. The number of carbonyl (C=O) groups is 3. The molecule has 0 radical (unpaired) electrons. The summed E-state index contributed by atoms with van der Waals surface area (Å²) in [4.78, 5) is 46.0. The Morgan fingerprint density at radius 3 is 2.31 bits per heavy atom. The molecular weight excluding hydrogens is 336 g/mol. The normalized spacial score (nSPS) is 13.0. The number of aromatic nitrogens is 3. The summed E-state index contributed by atoms with van der Waals surface area (Å²) >= 11 is 0. The van der Waals surface area contributed by atoms with Gasteiger partial charge >= 0.3 is 5.97 Å². The van der Waals surface area contributed by atoms with Crippen LogP contribution in [0, 0.1) is 6.92 Å². The predicted molar refractivity (Wildman–Crippen MR) is 88.5 cm³/mol. The molecule has 1 aliphatic rings. The lowest BCUT2D eigenvalue weighted by Crippen LogP contribution is -2.32. The minimum atomic E-state index is -0.790. The van der Waals surface area contributed by atoms with Gasteiger partial charge < -0.3 is 4.84 Å². The topological polar surface area (TPSA) is 94.4 Å². The average molecular weight is 348 g/mol. The molecule has 1 aromatic heterocycles. The molecule has 0 bridgehead atoms. The fourth-order valence-electron chi connectivity index (χ4n) is 2.74. The quantitative estimate of drug-likeness (QED) is 0.672. The maximum absolute atomic E-state index is 12.5. The summed E-state index contributed by atoms with van der Waals surface area (Å²) in [5, 5.41) is 4.52.